The lowest BCUT2D eigenvalue weighted by molar-refractivity contribution is 0.0966. The highest BCUT2D eigenvalue weighted by atomic mass is 16.2. The zero-order valence-corrected chi connectivity index (χ0v) is 17.7. The van der Waals surface area contributed by atoms with Crippen LogP contribution in [0.2, 0.25) is 0 Å². The van der Waals surface area contributed by atoms with Crippen molar-refractivity contribution in [1.82, 2.24) is 10.2 Å². The maximum absolute atomic E-state index is 12.8. The van der Waals surface area contributed by atoms with Crippen LogP contribution in [0.5, 0.6) is 0 Å². The Balaban J connectivity index is 1.52. The number of benzene rings is 3. The van der Waals surface area contributed by atoms with Crippen molar-refractivity contribution >= 4 is 23.2 Å². The summed E-state index contributed by atoms with van der Waals surface area (Å²) in [5.41, 5.74) is 5.53. The standard InChI is InChI=1S/C25H26N4O2/c1-29(2)15-14-26-19-10-8-18(9-11-19)24(30)28-22-13-12-20(17-6-4-3-5-7-17)21-16-27-25(31)23(21)22/h3-13,26H,14-16H2,1-2H3,(H,27,31)(H,28,30). The molecule has 3 aromatic rings. The third-order valence-corrected chi connectivity index (χ3v) is 5.33. The fraction of sp³-hybridized carbons (Fsp3) is 0.200. The van der Waals surface area contributed by atoms with E-state index in [1.807, 2.05) is 62.6 Å². The van der Waals surface area contributed by atoms with E-state index in [4.69, 9.17) is 0 Å². The first-order valence-corrected chi connectivity index (χ1v) is 10.3. The van der Waals surface area contributed by atoms with Crippen LogP contribution >= 0.6 is 0 Å². The fourth-order valence-corrected chi connectivity index (χ4v) is 3.70. The highest BCUT2D eigenvalue weighted by Crippen LogP contribution is 2.34. The summed E-state index contributed by atoms with van der Waals surface area (Å²) in [4.78, 5) is 27.4. The summed E-state index contributed by atoms with van der Waals surface area (Å²) in [5.74, 6) is -0.405. The molecule has 0 fully saturated rings. The van der Waals surface area contributed by atoms with E-state index in [-0.39, 0.29) is 11.8 Å². The number of amides is 2. The number of nitrogens with zero attached hydrogens (tertiary/aromatic N) is 1. The molecule has 1 aliphatic rings. The van der Waals surface area contributed by atoms with Crippen molar-refractivity contribution in [2.24, 2.45) is 0 Å². The van der Waals surface area contributed by atoms with Gasteiger partial charge in [0.1, 0.15) is 0 Å². The monoisotopic (exact) mass is 414 g/mol. The zero-order chi connectivity index (χ0) is 21.8. The van der Waals surface area contributed by atoms with Gasteiger partial charge in [-0.1, -0.05) is 36.4 Å². The summed E-state index contributed by atoms with van der Waals surface area (Å²) in [5, 5.41) is 9.13. The first-order chi connectivity index (χ1) is 15.0. The third-order valence-electron chi connectivity index (χ3n) is 5.33. The highest BCUT2D eigenvalue weighted by Gasteiger charge is 2.26. The minimum Gasteiger partial charge on any atom is -0.384 e. The number of anilines is 2. The van der Waals surface area contributed by atoms with Gasteiger partial charge in [0.05, 0.1) is 11.3 Å². The molecule has 0 saturated carbocycles. The molecule has 0 bridgehead atoms. The van der Waals surface area contributed by atoms with Gasteiger partial charge in [-0.2, -0.15) is 0 Å². The first-order valence-electron chi connectivity index (χ1n) is 10.3. The minimum absolute atomic E-state index is 0.163. The molecule has 0 saturated heterocycles. The van der Waals surface area contributed by atoms with E-state index >= 15 is 0 Å². The van der Waals surface area contributed by atoms with E-state index < -0.39 is 0 Å². The summed E-state index contributed by atoms with van der Waals surface area (Å²) >= 11 is 0. The Morgan fingerprint density at radius 1 is 1.00 bits per heavy atom. The maximum atomic E-state index is 12.8. The fourth-order valence-electron chi connectivity index (χ4n) is 3.70. The summed E-state index contributed by atoms with van der Waals surface area (Å²) in [6, 6.07) is 21.1. The molecule has 31 heavy (non-hydrogen) atoms. The Hall–Kier alpha value is -3.64. The molecule has 0 spiro atoms. The van der Waals surface area contributed by atoms with Crippen LogP contribution in [0, 0.1) is 0 Å². The normalized spacial score (nSPS) is 12.4. The van der Waals surface area contributed by atoms with Crippen LogP contribution in [0.25, 0.3) is 11.1 Å². The molecule has 0 aliphatic carbocycles. The molecule has 3 aromatic carbocycles. The van der Waals surface area contributed by atoms with Crippen molar-refractivity contribution in [2.45, 2.75) is 6.54 Å². The van der Waals surface area contributed by atoms with Gasteiger partial charge in [0.15, 0.2) is 0 Å². The summed E-state index contributed by atoms with van der Waals surface area (Å²) in [6.45, 7) is 2.21. The molecule has 1 aliphatic heterocycles. The number of rotatable bonds is 7. The van der Waals surface area contributed by atoms with Crippen LogP contribution in [0.3, 0.4) is 0 Å². The van der Waals surface area contributed by atoms with E-state index in [9.17, 15) is 9.59 Å². The number of hydrogen-bond acceptors (Lipinski definition) is 4. The largest absolute Gasteiger partial charge is 0.384 e. The second kappa shape index (κ2) is 9.02. The average molecular weight is 415 g/mol. The van der Waals surface area contributed by atoms with Gasteiger partial charge in [-0.15, -0.1) is 0 Å². The van der Waals surface area contributed by atoms with E-state index in [2.05, 4.69) is 20.9 Å². The van der Waals surface area contributed by atoms with E-state index in [1.165, 1.54) is 0 Å². The lowest BCUT2D eigenvalue weighted by atomic mass is 9.95. The Morgan fingerprint density at radius 2 is 1.74 bits per heavy atom. The predicted octanol–water partition coefficient (Wildman–Crippen LogP) is 3.82. The quantitative estimate of drug-likeness (QED) is 0.550. The molecule has 1 heterocycles. The van der Waals surface area contributed by atoms with Crippen molar-refractivity contribution < 1.29 is 9.59 Å². The lowest BCUT2D eigenvalue weighted by Gasteiger charge is -2.13. The molecule has 6 heteroatoms. The summed E-state index contributed by atoms with van der Waals surface area (Å²) < 4.78 is 0. The molecule has 0 unspecified atom stereocenters. The van der Waals surface area contributed by atoms with Crippen molar-refractivity contribution in [1.29, 1.82) is 0 Å². The number of likely N-dealkylation sites (N-methyl/N-ethyl adjacent to an activating group) is 1. The second-order valence-corrected chi connectivity index (χ2v) is 7.82. The minimum atomic E-state index is -0.241. The van der Waals surface area contributed by atoms with Crippen LogP contribution in [0.4, 0.5) is 11.4 Å². The van der Waals surface area contributed by atoms with Crippen LogP contribution < -0.4 is 16.0 Å². The molecule has 0 radical (unpaired) electrons. The van der Waals surface area contributed by atoms with E-state index in [0.717, 1.165) is 35.5 Å². The van der Waals surface area contributed by atoms with Crippen LogP contribution in [-0.2, 0) is 6.54 Å². The van der Waals surface area contributed by atoms with Crippen molar-refractivity contribution in [3.63, 3.8) is 0 Å². The molecule has 0 aromatic heterocycles. The SMILES string of the molecule is CN(C)CCNc1ccc(C(=O)Nc2ccc(-c3ccccc3)c3c2C(=O)NC3)cc1. The Kier molecular flexibility index (Phi) is 6.00. The topological polar surface area (TPSA) is 73.5 Å². The average Bonchev–Trinajstić information content (AvgIpc) is 3.17. The van der Waals surface area contributed by atoms with Gasteiger partial charge in [0.25, 0.3) is 11.8 Å². The lowest BCUT2D eigenvalue weighted by Crippen LogP contribution is -2.20. The van der Waals surface area contributed by atoms with Gasteiger partial charge >= 0.3 is 0 Å². The number of carbonyl (C=O) groups is 2. The molecule has 6 nitrogen and oxygen atoms in total. The van der Waals surface area contributed by atoms with Gasteiger partial charge in [0, 0.05) is 30.9 Å². The van der Waals surface area contributed by atoms with Crippen LogP contribution in [0.1, 0.15) is 26.3 Å². The van der Waals surface area contributed by atoms with Crippen molar-refractivity contribution in [3.8, 4) is 11.1 Å². The van der Waals surface area contributed by atoms with Crippen molar-refractivity contribution in [2.75, 3.05) is 37.8 Å². The summed E-state index contributed by atoms with van der Waals surface area (Å²) in [6.07, 6.45) is 0. The molecule has 158 valence electrons. The Morgan fingerprint density at radius 3 is 2.45 bits per heavy atom. The van der Waals surface area contributed by atoms with Gasteiger partial charge in [-0.25, -0.2) is 0 Å². The predicted molar refractivity (Wildman–Crippen MR) is 124 cm³/mol. The smallest absolute Gasteiger partial charge is 0.255 e. The van der Waals surface area contributed by atoms with E-state index in [0.29, 0.717) is 23.4 Å². The van der Waals surface area contributed by atoms with Crippen LogP contribution in [-0.4, -0.2) is 43.9 Å². The molecule has 2 amide bonds. The number of carbonyl (C=O) groups excluding carboxylic acids is 2. The molecule has 4 rings (SSSR count). The van der Waals surface area contributed by atoms with Gasteiger partial charge in [-0.3, -0.25) is 9.59 Å². The zero-order valence-electron chi connectivity index (χ0n) is 17.7. The van der Waals surface area contributed by atoms with E-state index in [1.54, 1.807) is 18.2 Å². The maximum Gasteiger partial charge on any atom is 0.255 e. The number of fused-ring (bicyclic) bond motifs is 1. The molecule has 0 atom stereocenters. The molecular weight excluding hydrogens is 388 g/mol. The number of hydrogen-bond donors (Lipinski definition) is 3. The Labute approximate surface area is 182 Å². The second-order valence-electron chi connectivity index (χ2n) is 7.82. The van der Waals surface area contributed by atoms with Gasteiger partial charge < -0.3 is 20.9 Å². The summed E-state index contributed by atoms with van der Waals surface area (Å²) in [7, 11) is 4.05. The van der Waals surface area contributed by atoms with Gasteiger partial charge in [-0.05, 0) is 61.1 Å². The van der Waals surface area contributed by atoms with Crippen molar-refractivity contribution in [3.05, 3.63) is 83.4 Å². The highest BCUT2D eigenvalue weighted by molar-refractivity contribution is 6.11. The first kappa shape index (κ1) is 20.6. The number of nitrogens with one attached hydrogen (secondary N) is 3. The van der Waals surface area contributed by atoms with Gasteiger partial charge in [0.2, 0.25) is 0 Å². The molecule has 3 N–H and O–H groups in total. The van der Waals surface area contributed by atoms with Crippen LogP contribution in [0.15, 0.2) is 66.7 Å². The Bertz CT molecular complexity index is 1090. The third kappa shape index (κ3) is 4.59. The molecular formula is C25H26N4O2.